The highest BCUT2D eigenvalue weighted by Gasteiger charge is 2.39. The molecule has 0 atom stereocenters. The van der Waals surface area contributed by atoms with Crippen LogP contribution < -0.4 is 20.7 Å². The summed E-state index contributed by atoms with van der Waals surface area (Å²) in [7, 11) is 0. The number of anilines is 2. The van der Waals surface area contributed by atoms with Gasteiger partial charge in [-0.3, -0.25) is 9.67 Å². The first kappa shape index (κ1) is 24.3. The van der Waals surface area contributed by atoms with Gasteiger partial charge in [0.25, 0.3) is 0 Å². The lowest BCUT2D eigenvalue weighted by atomic mass is 10.1. The van der Waals surface area contributed by atoms with Gasteiger partial charge < -0.3 is 20.7 Å². The van der Waals surface area contributed by atoms with Crippen LogP contribution in [0.4, 0.5) is 29.6 Å². The molecule has 37 heavy (non-hydrogen) atoms. The summed E-state index contributed by atoms with van der Waals surface area (Å²) in [6, 6.07) is 7.05. The molecular weight excluding hydrogens is 489 g/mol. The summed E-state index contributed by atoms with van der Waals surface area (Å²) in [5, 5.41) is 7.61. The number of nitrogens with zero attached hydrogens (tertiary/aromatic N) is 6. The zero-order valence-electron chi connectivity index (χ0n) is 19.6. The van der Waals surface area contributed by atoms with Crippen molar-refractivity contribution in [2.45, 2.75) is 32.1 Å². The molecule has 0 aliphatic carbocycles. The summed E-state index contributed by atoms with van der Waals surface area (Å²) in [6.07, 6.45) is 1.98. The SMILES string of the molecule is Nc1nccc2cc(CNC(=O)Oc3cn(Cc4cnc(N5CCCC5)cn4)nc3C(F)(F)F)ccc12. The zero-order chi connectivity index (χ0) is 26.0. The number of alkyl halides is 3. The molecule has 3 aromatic heterocycles. The maximum atomic E-state index is 13.6. The van der Waals surface area contributed by atoms with Gasteiger partial charge in [0.1, 0.15) is 11.6 Å². The Balaban J connectivity index is 1.25. The van der Waals surface area contributed by atoms with Gasteiger partial charge >= 0.3 is 12.3 Å². The third-order valence-corrected chi connectivity index (χ3v) is 5.94. The summed E-state index contributed by atoms with van der Waals surface area (Å²) < 4.78 is 46.7. The number of halogens is 3. The van der Waals surface area contributed by atoms with Crippen molar-refractivity contribution in [2.24, 2.45) is 0 Å². The largest absolute Gasteiger partial charge is 0.438 e. The van der Waals surface area contributed by atoms with Crippen LogP contribution in [-0.2, 0) is 19.3 Å². The molecule has 0 radical (unpaired) electrons. The summed E-state index contributed by atoms with van der Waals surface area (Å²) in [5.41, 5.74) is 5.65. The highest BCUT2D eigenvalue weighted by molar-refractivity contribution is 5.91. The second-order valence-corrected chi connectivity index (χ2v) is 8.59. The molecule has 192 valence electrons. The third kappa shape index (κ3) is 5.55. The van der Waals surface area contributed by atoms with Gasteiger partial charge in [0.2, 0.25) is 5.69 Å². The molecule has 0 unspecified atom stereocenters. The van der Waals surface area contributed by atoms with Gasteiger partial charge in [0.15, 0.2) is 5.75 Å². The maximum absolute atomic E-state index is 13.6. The lowest BCUT2D eigenvalue weighted by Crippen LogP contribution is -2.27. The van der Waals surface area contributed by atoms with Crippen LogP contribution in [-0.4, -0.2) is 43.9 Å². The number of nitrogen functional groups attached to an aromatic ring is 1. The molecular formula is C24H23F3N8O2. The Morgan fingerprint density at radius 1 is 1.11 bits per heavy atom. The fourth-order valence-corrected chi connectivity index (χ4v) is 4.13. The van der Waals surface area contributed by atoms with Crippen LogP contribution in [0.25, 0.3) is 10.8 Å². The van der Waals surface area contributed by atoms with Crippen molar-refractivity contribution in [1.29, 1.82) is 0 Å². The van der Waals surface area contributed by atoms with E-state index < -0.39 is 23.7 Å². The number of hydrogen-bond acceptors (Lipinski definition) is 8. The van der Waals surface area contributed by atoms with Gasteiger partial charge in [-0.25, -0.2) is 14.8 Å². The number of nitrogens with one attached hydrogen (secondary N) is 1. The van der Waals surface area contributed by atoms with Crippen LogP contribution in [0.15, 0.2) is 49.1 Å². The highest BCUT2D eigenvalue weighted by atomic mass is 19.4. The molecule has 0 bridgehead atoms. The monoisotopic (exact) mass is 512 g/mol. The van der Waals surface area contributed by atoms with Gasteiger partial charge in [-0.15, -0.1) is 0 Å². The standard InChI is InChI=1S/C24H23F3N8O2/c25-24(26,27)21-19(14-35(33-21)13-17-11-31-20(12-30-17)34-7-1-2-8-34)37-23(36)32-10-15-3-4-18-16(9-15)5-6-29-22(18)28/h3-6,9,11-12,14H,1-2,7-8,10,13H2,(H2,28,29)(H,32,36). The van der Waals surface area contributed by atoms with Gasteiger partial charge in [-0.05, 0) is 35.9 Å². The van der Waals surface area contributed by atoms with Crippen molar-refractivity contribution >= 4 is 28.5 Å². The number of benzene rings is 1. The minimum absolute atomic E-state index is 0.0332. The van der Waals surface area contributed by atoms with E-state index in [1.165, 1.54) is 6.20 Å². The Morgan fingerprint density at radius 3 is 2.65 bits per heavy atom. The minimum Gasteiger partial charge on any atom is -0.406 e. The average molecular weight is 512 g/mol. The van der Waals surface area contributed by atoms with E-state index >= 15 is 0 Å². The Hall–Kier alpha value is -4.42. The zero-order valence-corrected chi connectivity index (χ0v) is 19.6. The lowest BCUT2D eigenvalue weighted by molar-refractivity contribution is -0.142. The Morgan fingerprint density at radius 2 is 1.92 bits per heavy atom. The first-order chi connectivity index (χ1) is 17.8. The normalized spacial score (nSPS) is 13.8. The number of carbonyl (C=O) groups is 1. The summed E-state index contributed by atoms with van der Waals surface area (Å²) in [4.78, 5) is 27.1. The first-order valence-electron chi connectivity index (χ1n) is 11.6. The number of nitrogens with two attached hydrogens (primary N) is 1. The predicted molar refractivity (Wildman–Crippen MR) is 129 cm³/mol. The van der Waals surface area contributed by atoms with Crippen molar-refractivity contribution in [3.8, 4) is 5.75 Å². The molecule has 4 heterocycles. The molecule has 1 aliphatic heterocycles. The number of hydrogen-bond donors (Lipinski definition) is 2. The molecule has 0 saturated carbocycles. The Bertz CT molecular complexity index is 1420. The second-order valence-electron chi connectivity index (χ2n) is 8.59. The van der Waals surface area contributed by atoms with E-state index in [4.69, 9.17) is 10.5 Å². The topological polar surface area (TPSA) is 124 Å². The van der Waals surface area contributed by atoms with Gasteiger partial charge in [0, 0.05) is 31.2 Å². The predicted octanol–water partition coefficient (Wildman–Crippen LogP) is 3.76. The molecule has 1 aliphatic rings. The van der Waals surface area contributed by atoms with Gasteiger partial charge in [-0.2, -0.15) is 18.3 Å². The average Bonchev–Trinajstić information content (AvgIpc) is 3.54. The quantitative estimate of drug-likeness (QED) is 0.400. The number of carbonyl (C=O) groups excluding carboxylic acids is 1. The number of amides is 1. The number of rotatable bonds is 6. The summed E-state index contributed by atoms with van der Waals surface area (Å²) in [6.45, 7) is 1.76. The summed E-state index contributed by atoms with van der Waals surface area (Å²) in [5.74, 6) is 0.399. The molecule has 3 N–H and O–H groups in total. The number of aromatic nitrogens is 5. The highest BCUT2D eigenvalue weighted by Crippen LogP contribution is 2.35. The molecule has 4 aromatic rings. The molecule has 1 amide bonds. The van der Waals surface area contributed by atoms with Crippen molar-refractivity contribution in [1.82, 2.24) is 30.0 Å². The van der Waals surface area contributed by atoms with Crippen LogP contribution in [0, 0.1) is 0 Å². The van der Waals surface area contributed by atoms with Crippen molar-refractivity contribution < 1.29 is 22.7 Å². The molecule has 5 rings (SSSR count). The van der Waals surface area contributed by atoms with E-state index in [1.54, 1.807) is 36.7 Å². The van der Waals surface area contributed by atoms with E-state index in [0.717, 1.165) is 53.4 Å². The summed E-state index contributed by atoms with van der Waals surface area (Å²) >= 11 is 0. The number of pyridine rings is 1. The first-order valence-corrected chi connectivity index (χ1v) is 11.6. The third-order valence-electron chi connectivity index (χ3n) is 5.94. The fraction of sp³-hybridized carbons (Fsp3) is 0.292. The van der Waals surface area contributed by atoms with Crippen LogP contribution in [0.3, 0.4) is 0 Å². The molecule has 1 saturated heterocycles. The number of fused-ring (bicyclic) bond motifs is 1. The van der Waals surface area contributed by atoms with E-state index in [2.05, 4.69) is 30.3 Å². The van der Waals surface area contributed by atoms with E-state index in [-0.39, 0.29) is 13.1 Å². The minimum atomic E-state index is -4.82. The van der Waals surface area contributed by atoms with Crippen molar-refractivity contribution in [2.75, 3.05) is 23.7 Å². The molecule has 1 fully saturated rings. The molecule has 0 spiro atoms. The number of ether oxygens (including phenoxy) is 1. The van der Waals surface area contributed by atoms with E-state index in [1.807, 2.05) is 0 Å². The molecule has 10 nitrogen and oxygen atoms in total. The van der Waals surface area contributed by atoms with Crippen molar-refractivity contribution in [3.63, 3.8) is 0 Å². The lowest BCUT2D eigenvalue weighted by Gasteiger charge is -2.15. The van der Waals surface area contributed by atoms with Crippen LogP contribution >= 0.6 is 0 Å². The molecule has 1 aromatic carbocycles. The fourth-order valence-electron chi connectivity index (χ4n) is 4.13. The van der Waals surface area contributed by atoms with Crippen LogP contribution in [0.5, 0.6) is 5.75 Å². The Labute approximate surface area is 209 Å². The molecule has 13 heteroatoms. The van der Waals surface area contributed by atoms with Gasteiger partial charge in [0.05, 0.1) is 30.8 Å². The smallest absolute Gasteiger partial charge is 0.406 e. The van der Waals surface area contributed by atoms with E-state index in [0.29, 0.717) is 17.1 Å². The van der Waals surface area contributed by atoms with Crippen LogP contribution in [0.1, 0.15) is 29.8 Å². The maximum Gasteiger partial charge on any atom is 0.438 e. The van der Waals surface area contributed by atoms with Crippen molar-refractivity contribution in [3.05, 3.63) is 66.0 Å². The van der Waals surface area contributed by atoms with E-state index in [9.17, 15) is 18.0 Å². The second kappa shape index (κ2) is 9.91. The van der Waals surface area contributed by atoms with Gasteiger partial charge in [-0.1, -0.05) is 12.1 Å². The Kier molecular flexibility index (Phi) is 6.51. The van der Waals surface area contributed by atoms with Crippen LogP contribution in [0.2, 0.25) is 0 Å².